The average molecular weight is 350 g/mol. The van der Waals surface area contributed by atoms with Gasteiger partial charge in [-0.2, -0.15) is 0 Å². The number of carbonyl (C=O) groups is 3. The Morgan fingerprint density at radius 3 is 2.48 bits per heavy atom. The standard InChI is InChI=1S/C17H22N2O6/c1-17(2,3)19-16(22)18-14(20)10-25-15(21)9-11-4-5-12-13(8-11)24-7-6-23-12/h4-5,8H,6-7,9-10H2,1-3H3,(H2,18,19,20,22). The number of ether oxygens (including phenoxy) is 3. The van der Waals surface area contributed by atoms with Gasteiger partial charge in [-0.25, -0.2) is 4.79 Å². The number of esters is 1. The van der Waals surface area contributed by atoms with Gasteiger partial charge in [0, 0.05) is 5.54 Å². The number of amides is 3. The second-order valence-corrected chi connectivity index (χ2v) is 6.57. The maximum atomic E-state index is 11.8. The molecule has 0 atom stereocenters. The Morgan fingerprint density at radius 2 is 1.80 bits per heavy atom. The molecule has 0 aliphatic carbocycles. The van der Waals surface area contributed by atoms with Crippen molar-refractivity contribution in [2.24, 2.45) is 0 Å². The highest BCUT2D eigenvalue weighted by Crippen LogP contribution is 2.30. The van der Waals surface area contributed by atoms with Crippen molar-refractivity contribution in [2.45, 2.75) is 32.7 Å². The van der Waals surface area contributed by atoms with Gasteiger partial charge in [0.15, 0.2) is 18.1 Å². The topological polar surface area (TPSA) is 103 Å². The normalized spacial score (nSPS) is 12.9. The number of fused-ring (bicyclic) bond motifs is 1. The van der Waals surface area contributed by atoms with E-state index in [1.54, 1.807) is 39.0 Å². The minimum absolute atomic E-state index is 0.0158. The van der Waals surface area contributed by atoms with Gasteiger partial charge in [-0.1, -0.05) is 6.07 Å². The molecule has 2 N–H and O–H groups in total. The predicted molar refractivity (Wildman–Crippen MR) is 88.5 cm³/mol. The van der Waals surface area contributed by atoms with Gasteiger partial charge in [-0.3, -0.25) is 14.9 Å². The van der Waals surface area contributed by atoms with Gasteiger partial charge in [0.05, 0.1) is 6.42 Å². The number of carbonyl (C=O) groups excluding carboxylic acids is 3. The second-order valence-electron chi connectivity index (χ2n) is 6.57. The fraction of sp³-hybridized carbons (Fsp3) is 0.471. The van der Waals surface area contributed by atoms with Gasteiger partial charge in [0.25, 0.3) is 5.91 Å². The van der Waals surface area contributed by atoms with E-state index < -0.39 is 30.1 Å². The molecule has 1 heterocycles. The van der Waals surface area contributed by atoms with E-state index in [4.69, 9.17) is 14.2 Å². The molecule has 0 saturated heterocycles. The fourth-order valence-corrected chi connectivity index (χ4v) is 2.10. The van der Waals surface area contributed by atoms with Crippen molar-refractivity contribution in [3.8, 4) is 11.5 Å². The van der Waals surface area contributed by atoms with E-state index in [1.807, 2.05) is 0 Å². The lowest BCUT2D eigenvalue weighted by Gasteiger charge is -2.20. The van der Waals surface area contributed by atoms with Crippen molar-refractivity contribution < 1.29 is 28.6 Å². The molecule has 1 aromatic carbocycles. The van der Waals surface area contributed by atoms with Crippen LogP contribution in [0.4, 0.5) is 4.79 Å². The molecule has 1 aliphatic heterocycles. The van der Waals surface area contributed by atoms with Gasteiger partial charge in [-0.05, 0) is 38.5 Å². The smallest absolute Gasteiger partial charge is 0.321 e. The number of hydrogen-bond acceptors (Lipinski definition) is 6. The molecule has 0 unspecified atom stereocenters. The van der Waals surface area contributed by atoms with Crippen molar-refractivity contribution in [1.29, 1.82) is 0 Å². The molecule has 8 nitrogen and oxygen atoms in total. The summed E-state index contributed by atoms with van der Waals surface area (Å²) < 4.78 is 15.7. The average Bonchev–Trinajstić information content (AvgIpc) is 2.51. The number of urea groups is 1. The van der Waals surface area contributed by atoms with Crippen LogP contribution in [0.2, 0.25) is 0 Å². The Bertz CT molecular complexity index is 666. The van der Waals surface area contributed by atoms with E-state index in [1.165, 1.54) is 0 Å². The van der Waals surface area contributed by atoms with Gasteiger partial charge >= 0.3 is 12.0 Å². The van der Waals surface area contributed by atoms with Crippen LogP contribution in [-0.4, -0.2) is 43.3 Å². The number of imide groups is 1. The molecule has 25 heavy (non-hydrogen) atoms. The van der Waals surface area contributed by atoms with Crippen molar-refractivity contribution in [3.63, 3.8) is 0 Å². The molecule has 3 amide bonds. The highest BCUT2D eigenvalue weighted by atomic mass is 16.6. The fourth-order valence-electron chi connectivity index (χ4n) is 2.10. The zero-order chi connectivity index (χ0) is 18.4. The third-order valence-electron chi connectivity index (χ3n) is 3.06. The monoisotopic (exact) mass is 350 g/mol. The Morgan fingerprint density at radius 1 is 1.12 bits per heavy atom. The highest BCUT2D eigenvalue weighted by Gasteiger charge is 2.17. The molecule has 136 valence electrons. The summed E-state index contributed by atoms with van der Waals surface area (Å²) >= 11 is 0. The summed E-state index contributed by atoms with van der Waals surface area (Å²) in [7, 11) is 0. The summed E-state index contributed by atoms with van der Waals surface area (Å²) in [5.74, 6) is -0.0684. The Hall–Kier alpha value is -2.77. The quantitative estimate of drug-likeness (QED) is 0.790. The summed E-state index contributed by atoms with van der Waals surface area (Å²) in [4.78, 5) is 35.0. The molecule has 0 bridgehead atoms. The largest absolute Gasteiger partial charge is 0.486 e. The van der Waals surface area contributed by atoms with Gasteiger partial charge in [-0.15, -0.1) is 0 Å². The Balaban J connectivity index is 1.77. The SMILES string of the molecule is CC(C)(C)NC(=O)NC(=O)COC(=O)Cc1ccc2c(c1)OCCO2. The van der Waals surface area contributed by atoms with Crippen LogP contribution in [0.1, 0.15) is 26.3 Å². The molecule has 0 saturated carbocycles. The lowest BCUT2D eigenvalue weighted by atomic mass is 10.1. The number of hydrogen-bond donors (Lipinski definition) is 2. The van der Waals surface area contributed by atoms with E-state index in [0.29, 0.717) is 30.3 Å². The number of benzene rings is 1. The Kier molecular flexibility index (Phi) is 5.84. The first-order chi connectivity index (χ1) is 11.7. The molecular weight excluding hydrogens is 328 g/mol. The van der Waals surface area contributed by atoms with Gasteiger partial charge < -0.3 is 19.5 Å². The van der Waals surface area contributed by atoms with E-state index in [9.17, 15) is 14.4 Å². The summed E-state index contributed by atoms with van der Waals surface area (Å²) in [5.41, 5.74) is 0.208. The van der Waals surface area contributed by atoms with E-state index >= 15 is 0 Å². The molecular formula is C17H22N2O6. The van der Waals surface area contributed by atoms with Crippen LogP contribution in [0.15, 0.2) is 18.2 Å². The molecule has 1 aromatic rings. The first kappa shape index (κ1) is 18.6. The first-order valence-electron chi connectivity index (χ1n) is 7.89. The van der Waals surface area contributed by atoms with Crippen LogP contribution in [0.3, 0.4) is 0 Å². The molecule has 8 heteroatoms. The van der Waals surface area contributed by atoms with Crippen molar-refractivity contribution in [2.75, 3.05) is 19.8 Å². The third-order valence-corrected chi connectivity index (χ3v) is 3.06. The summed E-state index contributed by atoms with van der Waals surface area (Å²) in [6.45, 7) is 5.77. The molecule has 0 spiro atoms. The molecule has 0 aromatic heterocycles. The van der Waals surface area contributed by atoms with Crippen LogP contribution in [0.25, 0.3) is 0 Å². The van der Waals surface area contributed by atoms with E-state index in [2.05, 4.69) is 10.6 Å². The molecule has 0 fully saturated rings. The first-order valence-corrected chi connectivity index (χ1v) is 7.89. The number of nitrogens with one attached hydrogen (secondary N) is 2. The summed E-state index contributed by atoms with van der Waals surface area (Å²) in [6.07, 6.45) is -0.0158. The maximum absolute atomic E-state index is 11.8. The van der Waals surface area contributed by atoms with Crippen molar-refractivity contribution in [1.82, 2.24) is 10.6 Å². The van der Waals surface area contributed by atoms with Gasteiger partial charge in [0.1, 0.15) is 13.2 Å². The van der Waals surface area contributed by atoms with Gasteiger partial charge in [0.2, 0.25) is 0 Å². The lowest BCUT2D eigenvalue weighted by Crippen LogP contribution is -2.49. The van der Waals surface area contributed by atoms with E-state index in [-0.39, 0.29) is 6.42 Å². The molecule has 0 radical (unpaired) electrons. The molecule has 1 aliphatic rings. The predicted octanol–water partition coefficient (Wildman–Crippen LogP) is 1.17. The van der Waals surface area contributed by atoms with Crippen LogP contribution in [0, 0.1) is 0 Å². The zero-order valence-electron chi connectivity index (χ0n) is 14.5. The second kappa shape index (κ2) is 7.87. The van der Waals surface area contributed by atoms with Crippen molar-refractivity contribution in [3.05, 3.63) is 23.8 Å². The lowest BCUT2D eigenvalue weighted by molar-refractivity contribution is -0.147. The van der Waals surface area contributed by atoms with Crippen LogP contribution in [0.5, 0.6) is 11.5 Å². The van der Waals surface area contributed by atoms with Crippen molar-refractivity contribution >= 4 is 17.9 Å². The maximum Gasteiger partial charge on any atom is 0.321 e. The molecule has 2 rings (SSSR count). The summed E-state index contributed by atoms with van der Waals surface area (Å²) in [6, 6.07) is 4.51. The minimum Gasteiger partial charge on any atom is -0.486 e. The highest BCUT2D eigenvalue weighted by molar-refractivity contribution is 5.95. The summed E-state index contributed by atoms with van der Waals surface area (Å²) in [5, 5.41) is 4.66. The number of rotatable bonds is 4. The Labute approximate surface area is 145 Å². The van der Waals surface area contributed by atoms with Crippen LogP contribution < -0.4 is 20.1 Å². The third kappa shape index (κ3) is 6.33. The van der Waals surface area contributed by atoms with Crippen LogP contribution in [-0.2, 0) is 20.7 Å². The van der Waals surface area contributed by atoms with E-state index in [0.717, 1.165) is 0 Å². The van der Waals surface area contributed by atoms with Crippen LogP contribution >= 0.6 is 0 Å². The zero-order valence-corrected chi connectivity index (χ0v) is 14.5. The minimum atomic E-state index is -0.697.